The minimum atomic E-state index is 0.101. The molecule has 4 nitrogen and oxygen atoms in total. The molecule has 1 aliphatic heterocycles. The van der Waals surface area contributed by atoms with Gasteiger partial charge in [-0.3, -0.25) is 4.90 Å². The Morgan fingerprint density at radius 2 is 1.90 bits per heavy atom. The molecule has 0 radical (unpaired) electrons. The minimum Gasteiger partial charge on any atom is -0.392 e. The van der Waals surface area contributed by atoms with Gasteiger partial charge in [0.25, 0.3) is 0 Å². The van der Waals surface area contributed by atoms with Gasteiger partial charge in [0.1, 0.15) is 0 Å². The van der Waals surface area contributed by atoms with E-state index in [0.717, 1.165) is 55.0 Å². The predicted octanol–water partition coefficient (Wildman–Crippen LogP) is 1.62. The summed E-state index contributed by atoms with van der Waals surface area (Å²) in [5, 5.41) is 9.48. The number of aliphatic hydroxyl groups excluding tert-OH is 1. The molecule has 0 aliphatic carbocycles. The number of halogens is 1. The van der Waals surface area contributed by atoms with Crippen LogP contribution < -0.4 is 4.90 Å². The maximum Gasteiger partial charge on any atom is 0.0702 e. The monoisotopic (exact) mass is 341 g/mol. The fourth-order valence-corrected chi connectivity index (χ4v) is 2.87. The first-order valence-corrected chi connectivity index (χ1v) is 7.91. The van der Waals surface area contributed by atoms with Gasteiger partial charge in [0.05, 0.1) is 6.61 Å². The smallest absolute Gasteiger partial charge is 0.0702 e. The molecule has 0 saturated carbocycles. The van der Waals surface area contributed by atoms with E-state index in [1.807, 2.05) is 12.1 Å². The molecular weight excluding hydrogens is 318 g/mol. The van der Waals surface area contributed by atoms with E-state index in [2.05, 4.69) is 50.8 Å². The van der Waals surface area contributed by atoms with E-state index in [4.69, 9.17) is 0 Å². The zero-order valence-corrected chi connectivity index (χ0v) is 13.9. The first-order chi connectivity index (χ1) is 9.60. The van der Waals surface area contributed by atoms with Crippen molar-refractivity contribution in [1.82, 2.24) is 9.80 Å². The summed E-state index contributed by atoms with van der Waals surface area (Å²) in [6.45, 7) is 6.57. The molecule has 1 aromatic carbocycles. The summed E-state index contributed by atoms with van der Waals surface area (Å²) < 4.78 is 1.07. The summed E-state index contributed by atoms with van der Waals surface area (Å²) in [6, 6.07) is 6.10. The van der Waals surface area contributed by atoms with Crippen LogP contribution in [0, 0.1) is 0 Å². The van der Waals surface area contributed by atoms with Crippen LogP contribution in [-0.4, -0.2) is 68.3 Å². The fraction of sp³-hybridized carbons (Fsp3) is 0.600. The molecule has 2 rings (SSSR count). The highest BCUT2D eigenvalue weighted by Gasteiger charge is 2.19. The van der Waals surface area contributed by atoms with E-state index >= 15 is 0 Å². The summed E-state index contributed by atoms with van der Waals surface area (Å²) in [6.07, 6.45) is 0. The molecule has 112 valence electrons. The van der Waals surface area contributed by atoms with Gasteiger partial charge in [-0.1, -0.05) is 22.0 Å². The highest BCUT2D eigenvalue weighted by molar-refractivity contribution is 9.10. The third kappa shape index (κ3) is 4.19. The van der Waals surface area contributed by atoms with Gasteiger partial charge >= 0.3 is 0 Å². The summed E-state index contributed by atoms with van der Waals surface area (Å²) in [7, 11) is 4.23. The lowest BCUT2D eigenvalue weighted by Crippen LogP contribution is -2.48. The molecule has 1 saturated heterocycles. The van der Waals surface area contributed by atoms with Crippen LogP contribution in [0.4, 0.5) is 5.69 Å². The summed E-state index contributed by atoms with van der Waals surface area (Å²) in [5.41, 5.74) is 2.17. The number of rotatable bonds is 5. The lowest BCUT2D eigenvalue weighted by atomic mass is 10.1. The van der Waals surface area contributed by atoms with Crippen molar-refractivity contribution < 1.29 is 5.11 Å². The van der Waals surface area contributed by atoms with Gasteiger partial charge in [-0.05, 0) is 26.2 Å². The zero-order valence-electron chi connectivity index (χ0n) is 12.3. The van der Waals surface area contributed by atoms with Gasteiger partial charge < -0.3 is 14.9 Å². The zero-order chi connectivity index (χ0) is 14.5. The minimum absolute atomic E-state index is 0.101. The molecule has 1 aliphatic rings. The standard InChI is InChI=1S/C15H24BrN3O/c1-17(2)5-6-18-7-9-19(10-8-18)15-11-14(16)4-3-13(15)12-20/h3-4,11,20H,5-10,12H2,1-2H3. The highest BCUT2D eigenvalue weighted by atomic mass is 79.9. The number of hydrogen-bond acceptors (Lipinski definition) is 4. The van der Waals surface area contributed by atoms with Gasteiger partial charge in [-0.2, -0.15) is 0 Å². The number of piperazine rings is 1. The number of aliphatic hydroxyl groups is 1. The van der Waals surface area contributed by atoms with Crippen molar-refractivity contribution in [3.63, 3.8) is 0 Å². The van der Waals surface area contributed by atoms with Gasteiger partial charge in [0.15, 0.2) is 0 Å². The number of nitrogens with zero attached hydrogens (tertiary/aromatic N) is 3. The van der Waals surface area contributed by atoms with Gasteiger partial charge in [-0.15, -0.1) is 0 Å². The largest absolute Gasteiger partial charge is 0.392 e. The molecular formula is C15H24BrN3O. The first-order valence-electron chi connectivity index (χ1n) is 7.11. The van der Waals surface area contributed by atoms with Crippen molar-refractivity contribution in [2.45, 2.75) is 6.61 Å². The third-order valence-electron chi connectivity index (χ3n) is 3.79. The molecule has 1 fully saturated rings. The van der Waals surface area contributed by atoms with E-state index < -0.39 is 0 Å². The van der Waals surface area contributed by atoms with Crippen LogP contribution in [0.15, 0.2) is 22.7 Å². The number of anilines is 1. The van der Waals surface area contributed by atoms with Crippen LogP contribution in [0.1, 0.15) is 5.56 Å². The number of likely N-dealkylation sites (N-methyl/N-ethyl adjacent to an activating group) is 1. The maximum atomic E-state index is 9.48. The van der Waals surface area contributed by atoms with Crippen LogP contribution >= 0.6 is 15.9 Å². The fourth-order valence-electron chi connectivity index (χ4n) is 2.52. The van der Waals surface area contributed by atoms with E-state index in [1.54, 1.807) is 0 Å². The Morgan fingerprint density at radius 3 is 2.50 bits per heavy atom. The average Bonchev–Trinajstić information content (AvgIpc) is 2.45. The van der Waals surface area contributed by atoms with E-state index in [9.17, 15) is 5.11 Å². The summed E-state index contributed by atoms with van der Waals surface area (Å²) in [4.78, 5) is 7.11. The molecule has 20 heavy (non-hydrogen) atoms. The van der Waals surface area contributed by atoms with Gasteiger partial charge in [0.2, 0.25) is 0 Å². The quantitative estimate of drug-likeness (QED) is 0.881. The molecule has 0 amide bonds. The topological polar surface area (TPSA) is 30.0 Å². The average molecular weight is 342 g/mol. The Bertz CT molecular complexity index is 431. The Hall–Kier alpha value is -0.620. The Kier molecular flexibility index (Phi) is 5.84. The van der Waals surface area contributed by atoms with E-state index in [1.165, 1.54) is 0 Å². The second kappa shape index (κ2) is 7.41. The van der Waals surface area contributed by atoms with E-state index in [-0.39, 0.29) is 6.61 Å². The second-order valence-corrected chi connectivity index (χ2v) is 6.48. The van der Waals surface area contributed by atoms with Crippen molar-refractivity contribution in [2.75, 3.05) is 58.3 Å². The Balaban J connectivity index is 1.95. The molecule has 0 bridgehead atoms. The van der Waals surface area contributed by atoms with Gasteiger partial charge in [0, 0.05) is 55.0 Å². The Morgan fingerprint density at radius 1 is 1.20 bits per heavy atom. The SMILES string of the molecule is CN(C)CCN1CCN(c2cc(Br)ccc2CO)CC1. The first kappa shape index (κ1) is 15.8. The van der Waals surface area contributed by atoms with Crippen molar-refractivity contribution in [1.29, 1.82) is 0 Å². The van der Waals surface area contributed by atoms with Crippen molar-refractivity contribution in [3.05, 3.63) is 28.2 Å². The van der Waals surface area contributed by atoms with Crippen molar-refractivity contribution in [3.8, 4) is 0 Å². The van der Waals surface area contributed by atoms with Crippen LogP contribution in [0.25, 0.3) is 0 Å². The van der Waals surface area contributed by atoms with E-state index in [0.29, 0.717) is 0 Å². The molecule has 1 heterocycles. The van der Waals surface area contributed by atoms with Crippen LogP contribution in [0.3, 0.4) is 0 Å². The lowest BCUT2D eigenvalue weighted by Gasteiger charge is -2.37. The van der Waals surface area contributed by atoms with Crippen molar-refractivity contribution >= 4 is 21.6 Å². The van der Waals surface area contributed by atoms with Crippen LogP contribution in [-0.2, 0) is 6.61 Å². The van der Waals surface area contributed by atoms with Gasteiger partial charge in [-0.25, -0.2) is 0 Å². The molecule has 0 aromatic heterocycles. The normalized spacial score (nSPS) is 16.9. The predicted molar refractivity (Wildman–Crippen MR) is 87.3 cm³/mol. The van der Waals surface area contributed by atoms with Crippen molar-refractivity contribution in [2.24, 2.45) is 0 Å². The molecule has 1 aromatic rings. The highest BCUT2D eigenvalue weighted by Crippen LogP contribution is 2.26. The molecule has 5 heteroatoms. The van der Waals surface area contributed by atoms with Crippen LogP contribution in [0.2, 0.25) is 0 Å². The number of benzene rings is 1. The molecule has 0 unspecified atom stereocenters. The molecule has 0 spiro atoms. The number of hydrogen-bond donors (Lipinski definition) is 1. The third-order valence-corrected chi connectivity index (χ3v) is 4.29. The maximum absolute atomic E-state index is 9.48. The Labute approximate surface area is 130 Å². The lowest BCUT2D eigenvalue weighted by molar-refractivity contribution is 0.229. The summed E-state index contributed by atoms with van der Waals surface area (Å²) >= 11 is 3.52. The second-order valence-electron chi connectivity index (χ2n) is 5.56. The molecule has 0 atom stereocenters. The van der Waals surface area contributed by atoms with Crippen LogP contribution in [0.5, 0.6) is 0 Å². The summed E-state index contributed by atoms with van der Waals surface area (Å²) in [5.74, 6) is 0. The molecule has 1 N–H and O–H groups in total.